The molecule has 0 aromatic rings. The maximum Gasteiger partial charge on any atom is 0.0984 e. The van der Waals surface area contributed by atoms with E-state index in [4.69, 9.17) is 0 Å². The third kappa shape index (κ3) is 3.31. The van der Waals surface area contributed by atoms with Crippen LogP contribution in [0.1, 0.15) is 45.4 Å². The molecule has 2 nitrogen and oxygen atoms in total. The maximum absolute atomic E-state index is 2.71. The third-order valence-electron chi connectivity index (χ3n) is 4.53. The zero-order valence-corrected chi connectivity index (χ0v) is 13.7. The highest BCUT2D eigenvalue weighted by atomic mass is 28.3. The second-order valence-electron chi connectivity index (χ2n) is 6.26. The topological polar surface area (TPSA) is 6.48 Å². The zero-order valence-electron chi connectivity index (χ0n) is 12.5. The summed E-state index contributed by atoms with van der Waals surface area (Å²) in [6, 6.07) is 0. The van der Waals surface area contributed by atoms with Gasteiger partial charge in [-0.05, 0) is 50.6 Å². The van der Waals surface area contributed by atoms with Gasteiger partial charge in [0, 0.05) is 26.2 Å². The molecule has 0 aromatic heterocycles. The summed E-state index contributed by atoms with van der Waals surface area (Å²) < 4.78 is 0. The molecular formula is C15H30N2Si. The molecular weight excluding hydrogens is 236 g/mol. The molecule has 2 fully saturated rings. The Morgan fingerprint density at radius 2 is 1.11 bits per heavy atom. The van der Waals surface area contributed by atoms with Crippen LogP contribution in [0.4, 0.5) is 0 Å². The molecule has 2 saturated heterocycles. The van der Waals surface area contributed by atoms with Gasteiger partial charge in [0.25, 0.3) is 0 Å². The Bertz CT molecular complexity index is 267. The minimum absolute atomic E-state index is 0.668. The van der Waals surface area contributed by atoms with Crippen LogP contribution in [0.3, 0.4) is 0 Å². The number of likely N-dealkylation sites (tertiary alicyclic amines) is 2. The molecule has 0 spiro atoms. The van der Waals surface area contributed by atoms with E-state index in [9.17, 15) is 0 Å². The molecule has 2 heterocycles. The first-order valence-corrected chi connectivity index (χ1v) is 10.8. The summed E-state index contributed by atoms with van der Waals surface area (Å²) in [6.07, 6.45) is 8.44. The second kappa shape index (κ2) is 6.64. The standard InChI is InChI=1S/C15H30N2Si/c1-14(18(2)3)15(16-10-6-4-7-11-16)17-12-8-5-9-13-17/h18H,4-13H2,1-3H3. The number of hydrogen-bond acceptors (Lipinski definition) is 2. The van der Waals surface area contributed by atoms with Crippen molar-refractivity contribution >= 4 is 8.80 Å². The van der Waals surface area contributed by atoms with Crippen LogP contribution in [0.2, 0.25) is 13.1 Å². The third-order valence-corrected chi connectivity index (χ3v) is 6.52. The Labute approximate surface area is 115 Å². The molecule has 3 heteroatoms. The maximum atomic E-state index is 2.71. The first-order chi connectivity index (χ1) is 8.70. The van der Waals surface area contributed by atoms with Crippen molar-refractivity contribution in [1.29, 1.82) is 0 Å². The fraction of sp³-hybridized carbons (Fsp3) is 0.867. The highest BCUT2D eigenvalue weighted by Gasteiger charge is 2.23. The van der Waals surface area contributed by atoms with Gasteiger partial charge in [0.1, 0.15) is 0 Å². The lowest BCUT2D eigenvalue weighted by atomic mass is 10.1. The van der Waals surface area contributed by atoms with Crippen molar-refractivity contribution in [2.24, 2.45) is 0 Å². The molecule has 0 aliphatic carbocycles. The fourth-order valence-electron chi connectivity index (χ4n) is 3.17. The van der Waals surface area contributed by atoms with Gasteiger partial charge in [-0.25, -0.2) is 0 Å². The van der Waals surface area contributed by atoms with Gasteiger partial charge in [0.2, 0.25) is 0 Å². The van der Waals surface area contributed by atoms with Crippen molar-refractivity contribution in [2.45, 2.75) is 58.5 Å². The van der Waals surface area contributed by atoms with Crippen molar-refractivity contribution in [1.82, 2.24) is 9.80 Å². The smallest absolute Gasteiger partial charge is 0.0984 e. The van der Waals surface area contributed by atoms with E-state index in [2.05, 4.69) is 29.8 Å². The van der Waals surface area contributed by atoms with Crippen molar-refractivity contribution in [3.05, 3.63) is 11.0 Å². The van der Waals surface area contributed by atoms with Crippen LogP contribution in [0.25, 0.3) is 0 Å². The normalized spacial score (nSPS) is 21.3. The van der Waals surface area contributed by atoms with E-state index in [-0.39, 0.29) is 0 Å². The zero-order chi connectivity index (χ0) is 13.0. The molecule has 2 rings (SSSR count). The minimum Gasteiger partial charge on any atom is -0.359 e. The molecule has 0 unspecified atom stereocenters. The van der Waals surface area contributed by atoms with Gasteiger partial charge in [0.05, 0.1) is 14.6 Å². The molecule has 0 saturated carbocycles. The Morgan fingerprint density at radius 1 is 0.722 bits per heavy atom. The average Bonchev–Trinajstić information content (AvgIpc) is 2.41. The Balaban J connectivity index is 2.18. The summed E-state index contributed by atoms with van der Waals surface area (Å²) in [5, 5.41) is 1.74. The molecule has 18 heavy (non-hydrogen) atoms. The van der Waals surface area contributed by atoms with Gasteiger partial charge >= 0.3 is 0 Å². The predicted molar refractivity (Wildman–Crippen MR) is 82.4 cm³/mol. The quantitative estimate of drug-likeness (QED) is 0.724. The summed E-state index contributed by atoms with van der Waals surface area (Å²) in [5.41, 5.74) is 0. The van der Waals surface area contributed by atoms with Crippen LogP contribution in [0, 0.1) is 0 Å². The summed E-state index contributed by atoms with van der Waals surface area (Å²) in [4.78, 5) is 5.41. The SMILES string of the molecule is CC(=C(N1CCCCC1)N1CCCCC1)[SiH](C)C. The van der Waals surface area contributed by atoms with Gasteiger partial charge in [-0.1, -0.05) is 13.1 Å². The van der Waals surface area contributed by atoms with Gasteiger partial charge in [-0.2, -0.15) is 0 Å². The molecule has 0 aromatic carbocycles. The molecule has 2 aliphatic rings. The number of hydrogen-bond donors (Lipinski definition) is 0. The van der Waals surface area contributed by atoms with Crippen molar-refractivity contribution in [3.63, 3.8) is 0 Å². The van der Waals surface area contributed by atoms with E-state index in [0.29, 0.717) is 0 Å². The van der Waals surface area contributed by atoms with Crippen LogP contribution >= 0.6 is 0 Å². The van der Waals surface area contributed by atoms with E-state index < -0.39 is 8.80 Å². The average molecular weight is 267 g/mol. The summed E-state index contributed by atoms with van der Waals surface area (Å²) in [6.45, 7) is 12.5. The minimum atomic E-state index is -0.668. The van der Waals surface area contributed by atoms with Gasteiger partial charge in [-0.15, -0.1) is 0 Å². The van der Waals surface area contributed by atoms with Crippen LogP contribution in [0.15, 0.2) is 11.0 Å². The van der Waals surface area contributed by atoms with Crippen molar-refractivity contribution in [3.8, 4) is 0 Å². The molecule has 0 N–H and O–H groups in total. The number of rotatable bonds is 3. The molecule has 0 radical (unpaired) electrons. The highest BCUT2D eigenvalue weighted by Crippen LogP contribution is 2.25. The predicted octanol–water partition coefficient (Wildman–Crippen LogP) is 3.22. The van der Waals surface area contributed by atoms with E-state index in [1.807, 2.05) is 0 Å². The van der Waals surface area contributed by atoms with Crippen LogP contribution in [0.5, 0.6) is 0 Å². The lowest BCUT2D eigenvalue weighted by molar-refractivity contribution is 0.165. The van der Waals surface area contributed by atoms with E-state index in [0.717, 1.165) is 0 Å². The van der Waals surface area contributed by atoms with Gasteiger partial charge < -0.3 is 9.80 Å². The highest BCUT2D eigenvalue weighted by molar-refractivity contribution is 6.63. The number of piperidine rings is 2. The Kier molecular flexibility index (Phi) is 5.16. The summed E-state index contributed by atoms with van der Waals surface area (Å²) in [7, 11) is -0.668. The summed E-state index contributed by atoms with van der Waals surface area (Å²) in [5.74, 6) is 1.65. The van der Waals surface area contributed by atoms with Crippen molar-refractivity contribution < 1.29 is 0 Å². The second-order valence-corrected chi connectivity index (χ2v) is 9.43. The molecule has 0 atom stereocenters. The molecule has 2 aliphatic heterocycles. The van der Waals surface area contributed by atoms with Crippen molar-refractivity contribution in [2.75, 3.05) is 26.2 Å². The fourth-order valence-corrected chi connectivity index (χ4v) is 4.05. The lowest BCUT2D eigenvalue weighted by Gasteiger charge is -2.41. The molecule has 0 bridgehead atoms. The van der Waals surface area contributed by atoms with Gasteiger partial charge in [0.15, 0.2) is 0 Å². The first kappa shape index (κ1) is 14.0. The Hall–Kier alpha value is -0.443. The van der Waals surface area contributed by atoms with E-state index in [1.165, 1.54) is 64.7 Å². The summed E-state index contributed by atoms with van der Waals surface area (Å²) >= 11 is 0. The first-order valence-electron chi connectivity index (χ1n) is 7.91. The monoisotopic (exact) mass is 266 g/mol. The van der Waals surface area contributed by atoms with E-state index >= 15 is 0 Å². The molecule has 0 amide bonds. The largest absolute Gasteiger partial charge is 0.359 e. The van der Waals surface area contributed by atoms with Crippen LogP contribution < -0.4 is 0 Å². The molecule has 104 valence electrons. The lowest BCUT2D eigenvalue weighted by Crippen LogP contribution is -2.42. The van der Waals surface area contributed by atoms with Crippen LogP contribution in [-0.2, 0) is 0 Å². The number of allylic oxidation sites excluding steroid dienone is 1. The number of nitrogens with zero attached hydrogens (tertiary/aromatic N) is 2. The Morgan fingerprint density at radius 3 is 1.44 bits per heavy atom. The van der Waals surface area contributed by atoms with Gasteiger partial charge in [-0.3, -0.25) is 0 Å². The van der Waals surface area contributed by atoms with Crippen LogP contribution in [-0.4, -0.2) is 44.8 Å². The van der Waals surface area contributed by atoms with E-state index in [1.54, 1.807) is 11.0 Å².